The smallest absolute Gasteiger partial charge is 0.254 e. The number of carbonyl (C=O) groups excluding carboxylic acids is 3. The molecule has 0 unspecified atom stereocenters. The molecular weight excluding hydrogens is 1260 g/mol. The zero-order valence-electron chi connectivity index (χ0n) is 56.6. The first-order valence-corrected chi connectivity index (χ1v) is 34.3. The van der Waals surface area contributed by atoms with Crippen molar-refractivity contribution in [3.8, 4) is 67.5 Å². The van der Waals surface area contributed by atoms with E-state index < -0.39 is 18.3 Å². The first-order valence-electron chi connectivity index (χ1n) is 34.3. The number of hydrogen-bond donors (Lipinski definition) is 3. The summed E-state index contributed by atoms with van der Waals surface area (Å²) in [5, 5.41) is 69.1. The minimum atomic E-state index is -1.11. The average Bonchev–Trinajstić information content (AvgIpc) is 1.64. The summed E-state index contributed by atoms with van der Waals surface area (Å²) in [5.74, 6) is -0.651. The zero-order chi connectivity index (χ0) is 68.8. The van der Waals surface area contributed by atoms with Crippen molar-refractivity contribution in [2.75, 3.05) is 45.9 Å². The van der Waals surface area contributed by atoms with Crippen LogP contribution in [0.1, 0.15) is 136 Å². The molecule has 12 aromatic heterocycles. The summed E-state index contributed by atoms with van der Waals surface area (Å²) in [7, 11) is 0. The van der Waals surface area contributed by atoms with Crippen LogP contribution in [0.4, 0.5) is 0 Å². The summed E-state index contributed by atoms with van der Waals surface area (Å²) >= 11 is 0. The highest BCUT2D eigenvalue weighted by Gasteiger charge is 2.52. The second-order valence-electron chi connectivity index (χ2n) is 26.2. The number of carbonyl (C=O) groups is 3. The van der Waals surface area contributed by atoms with Gasteiger partial charge in [-0.15, -0.1) is 0 Å². The van der Waals surface area contributed by atoms with Crippen molar-refractivity contribution in [3.05, 3.63) is 130 Å². The Labute approximate surface area is 569 Å². The Bertz CT molecular complexity index is 4830. The standard InChI is InChI=1S/C24H28N8O2.C23H28N8O2.C22H26N8O2/c1-3-18(4-2)30-12-17(10-27-30)22-21-5-8-25-32(21)15-20(28-22)16-9-26-31(11-16)19-13-29(14-19)23(33)24(34)6-7-24;1-4-18(5-2)29-11-17(9-26-29)22-21-6-7-24-31(21)14-20(27-22)16-8-25-30(10-16)19-12-28(13-19)23(33)15(3)32;1-3-17(4-2)28-10-16(8-25-28)22-20-5-6-23-30(20)13-19(26-22)15-7-24-29(9-15)18-11-27(12-18)21(32)14-31/h5,8-12,15,18-19,34H,3-4,6-7,13-14H2,1-2H3;6-11,14-15,18-19,32H,4-5,12-13H2,1-3H3;5-10,13,17-18,31H,3-4,11-12,14H2,1-2H3/t;15-;/m.1./s1. The largest absolute Gasteiger partial charge is 0.387 e. The molecule has 0 spiro atoms. The number of hydrogen-bond acceptors (Lipinski definition) is 18. The lowest BCUT2D eigenvalue weighted by Crippen LogP contribution is -2.54. The molecule has 30 nitrogen and oxygen atoms in total. The van der Waals surface area contributed by atoms with Gasteiger partial charge in [-0.25, -0.2) is 28.5 Å². The van der Waals surface area contributed by atoms with Crippen molar-refractivity contribution < 1.29 is 29.7 Å². The Hall–Kier alpha value is -10.6. The van der Waals surface area contributed by atoms with E-state index in [1.807, 2.05) is 116 Å². The Morgan fingerprint density at radius 1 is 0.444 bits per heavy atom. The van der Waals surface area contributed by atoms with E-state index in [2.05, 4.69) is 106 Å². The predicted molar refractivity (Wildman–Crippen MR) is 365 cm³/mol. The molecule has 1 saturated carbocycles. The van der Waals surface area contributed by atoms with Crippen LogP contribution in [0.25, 0.3) is 84.1 Å². The summed E-state index contributed by atoms with van der Waals surface area (Å²) in [6.07, 6.45) is 40.3. The number of likely N-dealkylation sites (tertiary alicyclic amines) is 3. The molecule has 4 aliphatic rings. The third kappa shape index (κ3) is 12.9. The molecule has 30 heteroatoms. The molecule has 3 aliphatic heterocycles. The topological polar surface area (TPSA) is 319 Å². The summed E-state index contributed by atoms with van der Waals surface area (Å²) in [5.41, 5.74) is 11.9. The highest BCUT2D eigenvalue weighted by atomic mass is 16.3. The Morgan fingerprint density at radius 3 is 1.08 bits per heavy atom. The molecule has 3 N–H and O–H groups in total. The van der Waals surface area contributed by atoms with Crippen LogP contribution in [0.3, 0.4) is 0 Å². The van der Waals surface area contributed by atoms with E-state index >= 15 is 0 Å². The fourth-order valence-corrected chi connectivity index (χ4v) is 13.2. The highest BCUT2D eigenvalue weighted by Crippen LogP contribution is 2.40. The van der Waals surface area contributed by atoms with Crippen molar-refractivity contribution in [1.82, 2.24) is 117 Å². The van der Waals surface area contributed by atoms with Gasteiger partial charge in [0.2, 0.25) is 5.91 Å². The maximum atomic E-state index is 12.3. The molecule has 3 saturated heterocycles. The van der Waals surface area contributed by atoms with Crippen molar-refractivity contribution in [3.63, 3.8) is 0 Å². The molecule has 1 aliphatic carbocycles. The van der Waals surface area contributed by atoms with Crippen LogP contribution in [0.2, 0.25) is 0 Å². The fraction of sp³-hybridized carbons (Fsp3) is 0.435. The summed E-state index contributed by atoms with van der Waals surface area (Å²) in [6, 6.07) is 7.25. The minimum Gasteiger partial charge on any atom is -0.387 e. The van der Waals surface area contributed by atoms with Crippen molar-refractivity contribution >= 4 is 34.3 Å². The number of aliphatic hydroxyl groups excluding tert-OH is 2. The molecule has 0 radical (unpaired) electrons. The first kappa shape index (κ1) is 65.7. The molecule has 15 heterocycles. The van der Waals surface area contributed by atoms with E-state index in [9.17, 15) is 24.6 Å². The van der Waals surface area contributed by atoms with Gasteiger partial charge in [-0.2, -0.15) is 45.9 Å². The third-order valence-corrected chi connectivity index (χ3v) is 19.7. The van der Waals surface area contributed by atoms with Crippen LogP contribution in [0.15, 0.2) is 130 Å². The second-order valence-corrected chi connectivity index (χ2v) is 26.2. The zero-order valence-corrected chi connectivity index (χ0v) is 56.6. The fourth-order valence-electron chi connectivity index (χ4n) is 13.2. The molecule has 514 valence electrons. The van der Waals surface area contributed by atoms with Crippen LogP contribution in [0, 0.1) is 0 Å². The van der Waals surface area contributed by atoms with E-state index in [1.165, 1.54) is 6.92 Å². The van der Waals surface area contributed by atoms with Gasteiger partial charge in [-0.1, -0.05) is 41.5 Å². The van der Waals surface area contributed by atoms with E-state index in [0.29, 0.717) is 70.2 Å². The van der Waals surface area contributed by atoms with Crippen LogP contribution in [-0.2, 0) is 14.4 Å². The Kier molecular flexibility index (Phi) is 18.2. The van der Waals surface area contributed by atoms with Gasteiger partial charge in [0.05, 0.1) is 161 Å². The SMILES string of the molecule is CCC(CC)n1cc(-c2nc(-c3cnn(C4CN(C(=O)C5(O)CC5)C4)c3)cn3nccc23)cn1.CCC(CC)n1cc(-c2nc(-c3cnn(C4CN(C(=O)CO)C4)c3)cn3nccc23)cn1.CCC(CC)n1cc(-c2nc(-c3cnn(C4CN(C(=O)[C@@H](C)O)C4)c3)cn3nccc23)cn1. The lowest BCUT2D eigenvalue weighted by molar-refractivity contribution is -0.148. The van der Waals surface area contributed by atoms with E-state index in [-0.39, 0.29) is 35.8 Å². The van der Waals surface area contributed by atoms with Gasteiger partial charge < -0.3 is 30.0 Å². The average molecular weight is 1340 g/mol. The van der Waals surface area contributed by atoms with Crippen LogP contribution < -0.4 is 0 Å². The maximum absolute atomic E-state index is 12.3. The molecule has 99 heavy (non-hydrogen) atoms. The normalized spacial score (nSPS) is 15.8. The van der Waals surface area contributed by atoms with Gasteiger partial charge in [0, 0.05) is 110 Å². The number of amides is 3. The van der Waals surface area contributed by atoms with Gasteiger partial charge >= 0.3 is 0 Å². The number of nitrogens with zero attached hydrogens (tertiary/aromatic N) is 24. The van der Waals surface area contributed by atoms with Crippen molar-refractivity contribution in [2.45, 2.75) is 148 Å². The molecule has 0 bridgehead atoms. The van der Waals surface area contributed by atoms with Crippen LogP contribution in [0.5, 0.6) is 0 Å². The van der Waals surface area contributed by atoms with Gasteiger partial charge in [-0.3, -0.25) is 42.5 Å². The second kappa shape index (κ2) is 27.4. The Balaban J connectivity index is 0.000000127. The molecule has 12 aromatic rings. The van der Waals surface area contributed by atoms with E-state index in [0.717, 1.165) is 123 Å². The monoisotopic (exact) mass is 1340 g/mol. The van der Waals surface area contributed by atoms with Gasteiger partial charge in [0.1, 0.15) is 18.3 Å². The van der Waals surface area contributed by atoms with Crippen molar-refractivity contribution in [1.29, 1.82) is 0 Å². The Morgan fingerprint density at radius 2 is 0.768 bits per heavy atom. The predicted octanol–water partition coefficient (Wildman–Crippen LogP) is 7.50. The molecule has 4 fully saturated rings. The minimum absolute atomic E-state index is 0.0904. The quantitative estimate of drug-likeness (QED) is 0.0627. The van der Waals surface area contributed by atoms with Gasteiger partial charge in [0.25, 0.3) is 11.8 Å². The number of rotatable bonds is 21. The lowest BCUT2D eigenvalue weighted by Gasteiger charge is -2.40. The molecule has 0 aromatic carbocycles. The van der Waals surface area contributed by atoms with Crippen LogP contribution >= 0.6 is 0 Å². The highest BCUT2D eigenvalue weighted by molar-refractivity contribution is 5.88. The molecule has 3 amide bonds. The molecule has 16 rings (SSSR count). The maximum Gasteiger partial charge on any atom is 0.254 e. The van der Waals surface area contributed by atoms with Crippen molar-refractivity contribution in [2.24, 2.45) is 0 Å². The number of aliphatic hydroxyl groups is 3. The molecular formula is C69H82N24O6. The third-order valence-electron chi connectivity index (χ3n) is 19.7. The summed E-state index contributed by atoms with van der Waals surface area (Å²) in [6.45, 7) is 17.4. The number of aromatic nitrogens is 21. The summed E-state index contributed by atoms with van der Waals surface area (Å²) < 4.78 is 17.2. The lowest BCUT2D eigenvalue weighted by atomic mass is 10.1. The van der Waals surface area contributed by atoms with Gasteiger partial charge in [-0.05, 0) is 76.5 Å². The summed E-state index contributed by atoms with van der Waals surface area (Å²) in [4.78, 5) is 55.6. The van der Waals surface area contributed by atoms with E-state index in [1.54, 1.807) is 51.9 Å². The van der Waals surface area contributed by atoms with Gasteiger partial charge in [0.15, 0.2) is 0 Å². The van der Waals surface area contributed by atoms with Crippen LogP contribution in [-0.4, -0.2) is 208 Å². The molecule has 1 atom stereocenters. The first-order chi connectivity index (χ1) is 48.1. The van der Waals surface area contributed by atoms with E-state index in [4.69, 9.17) is 20.1 Å². The number of fused-ring (bicyclic) bond motifs is 3.